The van der Waals surface area contributed by atoms with Crippen LogP contribution < -0.4 is 0 Å². The van der Waals surface area contributed by atoms with Crippen molar-refractivity contribution in [2.24, 2.45) is 0 Å². The number of nitrogens with zero attached hydrogens (tertiary/aromatic N) is 3. The molecular formula is C17H18N4. The van der Waals surface area contributed by atoms with Crippen LogP contribution in [-0.4, -0.2) is 26.4 Å². The lowest BCUT2D eigenvalue weighted by Crippen LogP contribution is -2.23. The number of rotatable bonds is 3. The maximum absolute atomic E-state index is 4.44. The van der Waals surface area contributed by atoms with Crippen molar-refractivity contribution in [1.29, 1.82) is 0 Å². The van der Waals surface area contributed by atoms with Gasteiger partial charge >= 0.3 is 0 Å². The van der Waals surface area contributed by atoms with Gasteiger partial charge in [0.2, 0.25) is 0 Å². The van der Waals surface area contributed by atoms with E-state index in [0.717, 1.165) is 18.8 Å². The average molecular weight is 278 g/mol. The second-order valence-electron chi connectivity index (χ2n) is 5.66. The van der Waals surface area contributed by atoms with Gasteiger partial charge in [0.25, 0.3) is 0 Å². The van der Waals surface area contributed by atoms with Gasteiger partial charge in [-0.1, -0.05) is 12.1 Å². The Morgan fingerprint density at radius 2 is 2.24 bits per heavy atom. The number of fused-ring (bicyclic) bond motifs is 1. The number of aromatic nitrogens is 3. The minimum atomic E-state index is 0.423. The third-order valence-corrected chi connectivity index (χ3v) is 4.32. The van der Waals surface area contributed by atoms with Crippen molar-refractivity contribution in [2.75, 3.05) is 6.54 Å². The molecule has 4 nitrogen and oxygen atoms in total. The monoisotopic (exact) mass is 278 g/mol. The van der Waals surface area contributed by atoms with Crippen molar-refractivity contribution in [1.82, 2.24) is 19.9 Å². The molecule has 1 saturated heterocycles. The number of aromatic amines is 1. The van der Waals surface area contributed by atoms with Gasteiger partial charge < -0.3 is 4.98 Å². The Kier molecular flexibility index (Phi) is 3.16. The lowest BCUT2D eigenvalue weighted by atomic mass is 10.1. The molecule has 0 spiro atoms. The molecular weight excluding hydrogens is 260 g/mol. The first-order chi connectivity index (χ1) is 10.4. The summed E-state index contributed by atoms with van der Waals surface area (Å²) in [5.74, 6) is 0. The predicted molar refractivity (Wildman–Crippen MR) is 82.7 cm³/mol. The lowest BCUT2D eigenvalue weighted by molar-refractivity contribution is 0.244. The molecule has 21 heavy (non-hydrogen) atoms. The highest BCUT2D eigenvalue weighted by Gasteiger charge is 2.26. The normalized spacial score (nSPS) is 19.3. The van der Waals surface area contributed by atoms with E-state index in [-0.39, 0.29) is 0 Å². The third kappa shape index (κ3) is 2.43. The van der Waals surface area contributed by atoms with Crippen LogP contribution in [0.4, 0.5) is 0 Å². The van der Waals surface area contributed by atoms with Gasteiger partial charge in [-0.3, -0.25) is 4.90 Å². The van der Waals surface area contributed by atoms with E-state index in [1.807, 2.05) is 18.5 Å². The zero-order chi connectivity index (χ0) is 14.1. The molecule has 3 aromatic rings. The summed E-state index contributed by atoms with van der Waals surface area (Å²) in [6, 6.07) is 11.2. The van der Waals surface area contributed by atoms with Gasteiger partial charge in [-0.05, 0) is 48.5 Å². The highest BCUT2D eigenvalue weighted by Crippen LogP contribution is 2.32. The molecule has 3 heterocycles. The Hall–Kier alpha value is -2.20. The fourth-order valence-electron chi connectivity index (χ4n) is 3.28. The van der Waals surface area contributed by atoms with Gasteiger partial charge in [0.1, 0.15) is 6.33 Å². The smallest absolute Gasteiger partial charge is 0.115 e. The zero-order valence-corrected chi connectivity index (χ0v) is 11.9. The number of hydrogen-bond acceptors (Lipinski definition) is 3. The molecule has 1 aliphatic heterocycles. The highest BCUT2D eigenvalue weighted by molar-refractivity contribution is 5.79. The summed E-state index contributed by atoms with van der Waals surface area (Å²) in [4.78, 5) is 14.3. The Balaban J connectivity index is 1.57. The van der Waals surface area contributed by atoms with Crippen molar-refractivity contribution >= 4 is 10.9 Å². The van der Waals surface area contributed by atoms with E-state index in [2.05, 4.69) is 44.1 Å². The fourth-order valence-corrected chi connectivity index (χ4v) is 3.28. The SMILES string of the molecule is c1cc(C2CCCN2Cc2ccc3cc[nH]c3c2)ncn1. The summed E-state index contributed by atoms with van der Waals surface area (Å²) >= 11 is 0. The van der Waals surface area contributed by atoms with Crippen LogP contribution in [0.25, 0.3) is 10.9 Å². The molecule has 1 atom stereocenters. The first-order valence-corrected chi connectivity index (χ1v) is 7.46. The minimum Gasteiger partial charge on any atom is -0.361 e. The summed E-state index contributed by atoms with van der Waals surface area (Å²) in [5.41, 5.74) is 3.71. The molecule has 1 aliphatic rings. The van der Waals surface area contributed by atoms with Gasteiger partial charge in [-0.25, -0.2) is 9.97 Å². The number of benzene rings is 1. The molecule has 106 valence electrons. The maximum atomic E-state index is 4.44. The minimum absolute atomic E-state index is 0.423. The van der Waals surface area contributed by atoms with Gasteiger partial charge in [-0.15, -0.1) is 0 Å². The third-order valence-electron chi connectivity index (χ3n) is 4.32. The number of nitrogens with one attached hydrogen (secondary N) is 1. The second kappa shape index (κ2) is 5.30. The maximum Gasteiger partial charge on any atom is 0.115 e. The van der Waals surface area contributed by atoms with Gasteiger partial charge in [0.15, 0.2) is 0 Å². The number of H-pyrrole nitrogens is 1. The van der Waals surface area contributed by atoms with Crippen molar-refractivity contribution in [2.45, 2.75) is 25.4 Å². The van der Waals surface area contributed by atoms with Crippen molar-refractivity contribution in [3.05, 3.63) is 60.3 Å². The number of hydrogen-bond donors (Lipinski definition) is 1. The van der Waals surface area contributed by atoms with Crippen LogP contribution in [0.2, 0.25) is 0 Å². The topological polar surface area (TPSA) is 44.8 Å². The van der Waals surface area contributed by atoms with Crippen LogP contribution >= 0.6 is 0 Å². The molecule has 0 bridgehead atoms. The van der Waals surface area contributed by atoms with Gasteiger partial charge in [-0.2, -0.15) is 0 Å². The van der Waals surface area contributed by atoms with Crippen molar-refractivity contribution in [3.8, 4) is 0 Å². The van der Waals surface area contributed by atoms with Crippen LogP contribution in [-0.2, 0) is 6.54 Å². The molecule has 2 aromatic heterocycles. The molecule has 4 rings (SSSR count). The molecule has 0 saturated carbocycles. The van der Waals surface area contributed by atoms with E-state index in [1.165, 1.54) is 29.3 Å². The molecule has 1 aromatic carbocycles. The quantitative estimate of drug-likeness (QED) is 0.799. The van der Waals surface area contributed by atoms with Crippen LogP contribution in [0.1, 0.15) is 30.1 Å². The van der Waals surface area contributed by atoms with Crippen molar-refractivity contribution < 1.29 is 0 Å². The first kappa shape index (κ1) is 12.5. The molecule has 4 heteroatoms. The van der Waals surface area contributed by atoms with Crippen LogP contribution in [0, 0.1) is 0 Å². The predicted octanol–water partition coefficient (Wildman–Crippen LogP) is 3.30. The summed E-state index contributed by atoms with van der Waals surface area (Å²) in [7, 11) is 0. The Bertz CT molecular complexity index is 735. The zero-order valence-electron chi connectivity index (χ0n) is 11.9. The van der Waals surface area contributed by atoms with Crippen LogP contribution in [0.3, 0.4) is 0 Å². The van der Waals surface area contributed by atoms with E-state index < -0.39 is 0 Å². The summed E-state index contributed by atoms with van der Waals surface area (Å²) in [6.45, 7) is 2.11. The lowest BCUT2D eigenvalue weighted by Gasteiger charge is -2.24. The van der Waals surface area contributed by atoms with Crippen LogP contribution in [0.5, 0.6) is 0 Å². The Labute approximate surface area is 123 Å². The standard InChI is InChI=1S/C17H18N4/c1-2-17(15-6-7-18-12-20-15)21(9-1)11-13-3-4-14-5-8-19-16(14)10-13/h3-8,10,12,17,19H,1-2,9,11H2. The molecule has 0 amide bonds. The van der Waals surface area contributed by atoms with E-state index in [4.69, 9.17) is 0 Å². The molecule has 1 fully saturated rings. The highest BCUT2D eigenvalue weighted by atomic mass is 15.2. The molecule has 1 N–H and O–H groups in total. The largest absolute Gasteiger partial charge is 0.361 e. The van der Waals surface area contributed by atoms with Gasteiger partial charge in [0, 0.05) is 24.5 Å². The fraction of sp³-hybridized carbons (Fsp3) is 0.294. The molecule has 0 aliphatic carbocycles. The Morgan fingerprint density at radius 3 is 3.14 bits per heavy atom. The van der Waals surface area contributed by atoms with Crippen LogP contribution in [0.15, 0.2) is 49.1 Å². The van der Waals surface area contributed by atoms with E-state index in [0.29, 0.717) is 6.04 Å². The van der Waals surface area contributed by atoms with E-state index in [1.54, 1.807) is 6.33 Å². The van der Waals surface area contributed by atoms with Gasteiger partial charge in [0.05, 0.1) is 11.7 Å². The molecule has 1 unspecified atom stereocenters. The summed E-state index contributed by atoms with van der Waals surface area (Å²) < 4.78 is 0. The average Bonchev–Trinajstić information content (AvgIpc) is 3.16. The summed E-state index contributed by atoms with van der Waals surface area (Å²) in [6.07, 6.45) is 7.90. The molecule has 0 radical (unpaired) electrons. The van der Waals surface area contributed by atoms with Crippen molar-refractivity contribution in [3.63, 3.8) is 0 Å². The second-order valence-corrected chi connectivity index (χ2v) is 5.66. The Morgan fingerprint density at radius 1 is 1.24 bits per heavy atom. The van der Waals surface area contributed by atoms with E-state index in [9.17, 15) is 0 Å². The first-order valence-electron chi connectivity index (χ1n) is 7.46. The van der Waals surface area contributed by atoms with E-state index >= 15 is 0 Å². The number of likely N-dealkylation sites (tertiary alicyclic amines) is 1. The summed E-state index contributed by atoms with van der Waals surface area (Å²) in [5, 5.41) is 1.27.